The Labute approximate surface area is 218 Å². The van der Waals surface area contributed by atoms with Crippen LogP contribution < -0.4 is 0 Å². The van der Waals surface area contributed by atoms with Gasteiger partial charge in [-0.3, -0.25) is 0 Å². The summed E-state index contributed by atoms with van der Waals surface area (Å²) in [6.07, 6.45) is 21.9. The Morgan fingerprint density at radius 2 is 1.53 bits per heavy atom. The van der Waals surface area contributed by atoms with E-state index in [9.17, 15) is 0 Å². The molecule has 0 radical (unpaired) electrons. The van der Waals surface area contributed by atoms with Crippen molar-refractivity contribution in [1.29, 1.82) is 0 Å². The molecule has 0 aliphatic heterocycles. The van der Waals surface area contributed by atoms with Crippen LogP contribution >= 0.6 is 0 Å². The standard InChI is InChI=1S/C34H46F2/c1-3-5-7-8-10-12-26-15-18-29-22-30(20-19-28(29)21-26)31-23-32(35)34(33(36)24-31)27-16-13-25(14-17-27)11-9-6-4-2/h4,6,13-14,16-17,23-24,26,28-30H,3,5,7-12,15,18-22H2,1-2H3/b6-4+. The molecule has 0 heterocycles. The molecule has 196 valence electrons. The second kappa shape index (κ2) is 13.5. The van der Waals surface area contributed by atoms with Crippen molar-refractivity contribution in [2.24, 2.45) is 17.8 Å². The number of hydrogen-bond acceptors (Lipinski definition) is 0. The Kier molecular flexibility index (Phi) is 10.2. The van der Waals surface area contributed by atoms with Gasteiger partial charge in [0.05, 0.1) is 5.56 Å². The van der Waals surface area contributed by atoms with Crippen molar-refractivity contribution in [3.05, 3.63) is 71.3 Å². The van der Waals surface area contributed by atoms with Crippen molar-refractivity contribution in [3.63, 3.8) is 0 Å². The molecule has 0 aromatic heterocycles. The molecule has 4 atom stereocenters. The van der Waals surface area contributed by atoms with E-state index in [1.54, 1.807) is 12.1 Å². The number of aryl methyl sites for hydroxylation is 1. The maximum Gasteiger partial charge on any atom is 0.134 e. The van der Waals surface area contributed by atoms with Gasteiger partial charge in [0.1, 0.15) is 11.6 Å². The molecule has 4 unspecified atom stereocenters. The lowest BCUT2D eigenvalue weighted by Gasteiger charge is -2.42. The normalized spacial score (nSPS) is 24.2. The van der Waals surface area contributed by atoms with Gasteiger partial charge in [0.2, 0.25) is 0 Å². The first-order chi connectivity index (χ1) is 17.6. The number of unbranched alkanes of at least 4 members (excludes halogenated alkanes) is 4. The van der Waals surface area contributed by atoms with Crippen LogP contribution in [0, 0.1) is 29.4 Å². The molecule has 0 saturated heterocycles. The minimum absolute atomic E-state index is 0.117. The minimum Gasteiger partial charge on any atom is -0.206 e. The van der Waals surface area contributed by atoms with Crippen LogP contribution in [0.1, 0.15) is 114 Å². The third-order valence-corrected chi connectivity index (χ3v) is 9.05. The molecule has 2 aliphatic rings. The van der Waals surface area contributed by atoms with Crippen molar-refractivity contribution in [1.82, 2.24) is 0 Å². The first-order valence-corrected chi connectivity index (χ1v) is 14.8. The van der Waals surface area contributed by atoms with E-state index < -0.39 is 11.6 Å². The Bertz CT molecular complexity index is 950. The topological polar surface area (TPSA) is 0 Å². The lowest BCUT2D eigenvalue weighted by atomic mass is 9.63. The van der Waals surface area contributed by atoms with Gasteiger partial charge in [-0.25, -0.2) is 8.78 Å². The molecule has 0 spiro atoms. The summed E-state index contributed by atoms with van der Waals surface area (Å²) in [5.41, 5.74) is 2.81. The average Bonchev–Trinajstić information content (AvgIpc) is 2.89. The molecule has 0 bridgehead atoms. The highest BCUT2D eigenvalue weighted by molar-refractivity contribution is 5.65. The van der Waals surface area contributed by atoms with E-state index in [4.69, 9.17) is 0 Å². The highest BCUT2D eigenvalue weighted by Crippen LogP contribution is 2.49. The highest BCUT2D eigenvalue weighted by Gasteiger charge is 2.36. The number of allylic oxidation sites excluding steroid dienone is 2. The molecule has 0 amide bonds. The molecular formula is C34H46F2. The van der Waals surface area contributed by atoms with Gasteiger partial charge in [0.15, 0.2) is 0 Å². The van der Waals surface area contributed by atoms with Gasteiger partial charge in [0.25, 0.3) is 0 Å². The summed E-state index contributed by atoms with van der Waals surface area (Å²) in [5, 5.41) is 0. The minimum atomic E-state index is -0.416. The summed E-state index contributed by atoms with van der Waals surface area (Å²) in [6.45, 7) is 4.30. The first-order valence-electron chi connectivity index (χ1n) is 14.8. The van der Waals surface area contributed by atoms with E-state index in [2.05, 4.69) is 19.1 Å². The van der Waals surface area contributed by atoms with Gasteiger partial charge in [-0.15, -0.1) is 0 Å². The molecule has 36 heavy (non-hydrogen) atoms. The van der Waals surface area contributed by atoms with Crippen molar-refractivity contribution in [3.8, 4) is 11.1 Å². The second-order valence-corrected chi connectivity index (χ2v) is 11.6. The Hall–Kier alpha value is -1.96. The third kappa shape index (κ3) is 7.08. The van der Waals surface area contributed by atoms with E-state index in [0.29, 0.717) is 11.5 Å². The summed E-state index contributed by atoms with van der Waals surface area (Å²) in [4.78, 5) is 0. The summed E-state index contributed by atoms with van der Waals surface area (Å²) < 4.78 is 30.5. The Morgan fingerprint density at radius 3 is 2.25 bits per heavy atom. The fraction of sp³-hybridized carbons (Fsp3) is 0.588. The van der Waals surface area contributed by atoms with Gasteiger partial charge in [-0.1, -0.05) is 88.3 Å². The van der Waals surface area contributed by atoms with Crippen molar-refractivity contribution < 1.29 is 8.78 Å². The first kappa shape index (κ1) is 27.1. The summed E-state index contributed by atoms with van der Waals surface area (Å²) in [7, 11) is 0. The monoisotopic (exact) mass is 492 g/mol. The summed E-state index contributed by atoms with van der Waals surface area (Å²) >= 11 is 0. The van der Waals surface area contributed by atoms with Gasteiger partial charge >= 0.3 is 0 Å². The number of rotatable bonds is 11. The summed E-state index contributed by atoms with van der Waals surface area (Å²) in [6, 6.07) is 11.0. The van der Waals surface area contributed by atoms with Crippen LogP contribution in [0.3, 0.4) is 0 Å². The maximum atomic E-state index is 15.2. The van der Waals surface area contributed by atoms with Gasteiger partial charge in [-0.05, 0) is 104 Å². The SMILES string of the molecule is C/C=C/CCc1ccc(-c2c(F)cc(C3CCC4CC(CCCCCCC)CCC4C3)cc2F)cc1. The van der Waals surface area contributed by atoms with Gasteiger partial charge < -0.3 is 0 Å². The second-order valence-electron chi connectivity index (χ2n) is 11.6. The molecule has 2 heteroatoms. The smallest absolute Gasteiger partial charge is 0.134 e. The van der Waals surface area contributed by atoms with Crippen LogP contribution in [-0.4, -0.2) is 0 Å². The number of halogens is 2. The summed E-state index contributed by atoms with van der Waals surface area (Å²) in [5.74, 6) is 1.94. The quantitative estimate of drug-likeness (QED) is 0.216. The fourth-order valence-corrected chi connectivity index (χ4v) is 6.95. The zero-order valence-electron chi connectivity index (χ0n) is 22.6. The number of fused-ring (bicyclic) bond motifs is 1. The molecule has 2 fully saturated rings. The molecular weight excluding hydrogens is 446 g/mol. The van der Waals surface area contributed by atoms with Crippen LogP contribution in [-0.2, 0) is 6.42 Å². The molecule has 2 aliphatic carbocycles. The number of benzene rings is 2. The largest absolute Gasteiger partial charge is 0.206 e. The van der Waals surface area contributed by atoms with Gasteiger partial charge in [0, 0.05) is 0 Å². The van der Waals surface area contributed by atoms with Crippen LogP contribution in [0.15, 0.2) is 48.6 Å². The van der Waals surface area contributed by atoms with E-state index in [1.165, 1.54) is 69.8 Å². The van der Waals surface area contributed by atoms with Crippen molar-refractivity contribution >= 4 is 0 Å². The Morgan fingerprint density at radius 1 is 0.833 bits per heavy atom. The number of hydrogen-bond donors (Lipinski definition) is 0. The van der Waals surface area contributed by atoms with E-state index in [1.807, 2.05) is 31.2 Å². The third-order valence-electron chi connectivity index (χ3n) is 9.05. The maximum absolute atomic E-state index is 15.2. The fourth-order valence-electron chi connectivity index (χ4n) is 6.95. The predicted molar refractivity (Wildman–Crippen MR) is 149 cm³/mol. The average molecular weight is 493 g/mol. The molecule has 2 aromatic carbocycles. The van der Waals surface area contributed by atoms with Gasteiger partial charge in [-0.2, -0.15) is 0 Å². The molecule has 0 N–H and O–H groups in total. The molecule has 0 nitrogen and oxygen atoms in total. The Balaban J connectivity index is 1.34. The van der Waals surface area contributed by atoms with Crippen molar-refractivity contribution in [2.75, 3.05) is 0 Å². The van der Waals surface area contributed by atoms with E-state index in [0.717, 1.165) is 49.0 Å². The zero-order valence-corrected chi connectivity index (χ0v) is 22.6. The lowest BCUT2D eigenvalue weighted by Crippen LogP contribution is -2.30. The van der Waals surface area contributed by atoms with Crippen LogP contribution in [0.2, 0.25) is 0 Å². The van der Waals surface area contributed by atoms with Crippen LogP contribution in [0.25, 0.3) is 11.1 Å². The van der Waals surface area contributed by atoms with E-state index in [-0.39, 0.29) is 5.56 Å². The van der Waals surface area contributed by atoms with Crippen LogP contribution in [0.4, 0.5) is 8.78 Å². The molecule has 2 aromatic rings. The molecule has 2 saturated carbocycles. The van der Waals surface area contributed by atoms with Crippen molar-refractivity contribution in [2.45, 2.75) is 110 Å². The lowest BCUT2D eigenvalue weighted by molar-refractivity contribution is 0.113. The predicted octanol–water partition coefficient (Wildman–Crippen LogP) is 10.8. The van der Waals surface area contributed by atoms with Crippen LogP contribution in [0.5, 0.6) is 0 Å². The zero-order chi connectivity index (χ0) is 25.3. The van der Waals surface area contributed by atoms with E-state index >= 15 is 8.78 Å². The molecule has 4 rings (SSSR count). The highest BCUT2D eigenvalue weighted by atomic mass is 19.1.